The fraction of sp³-hybridized carbons (Fsp3) is 0.700. The Bertz CT molecular complexity index is 177. The molecule has 1 atom stereocenters. The molecular formula is C10H20O5. The summed E-state index contributed by atoms with van der Waals surface area (Å²) in [4.78, 5) is 10.6. The molecule has 0 aromatic rings. The predicted molar refractivity (Wildman–Crippen MR) is 56.2 cm³/mol. The molecule has 0 aliphatic carbocycles. The predicted octanol–water partition coefficient (Wildman–Crippen LogP) is -0.152. The van der Waals surface area contributed by atoms with Crippen LogP contribution in [0.5, 0.6) is 0 Å². The molecule has 1 unspecified atom stereocenters. The Morgan fingerprint density at radius 2 is 1.93 bits per heavy atom. The zero-order chi connectivity index (χ0) is 12.3. The van der Waals surface area contributed by atoms with Crippen LogP contribution in [0.2, 0.25) is 0 Å². The zero-order valence-electron chi connectivity index (χ0n) is 9.27. The first-order chi connectivity index (χ1) is 6.99. The van der Waals surface area contributed by atoms with Gasteiger partial charge in [-0.3, -0.25) is 0 Å². The summed E-state index contributed by atoms with van der Waals surface area (Å²) >= 11 is 0. The third kappa shape index (κ3) is 13.1. The number of carbonyl (C=O) groups is 1. The zero-order valence-corrected chi connectivity index (χ0v) is 9.27. The molecule has 90 valence electrons. The van der Waals surface area contributed by atoms with E-state index in [2.05, 4.69) is 11.3 Å². The Balaban J connectivity index is 0. The van der Waals surface area contributed by atoms with Gasteiger partial charge in [-0.1, -0.05) is 13.5 Å². The first-order valence-electron chi connectivity index (χ1n) is 4.71. The lowest BCUT2D eigenvalue weighted by Gasteiger charge is -2.07. The Hall–Kier alpha value is -0.910. The van der Waals surface area contributed by atoms with Gasteiger partial charge in [0.25, 0.3) is 0 Å². The minimum absolute atomic E-state index is 0.192. The van der Waals surface area contributed by atoms with Crippen LogP contribution in [-0.2, 0) is 9.53 Å². The van der Waals surface area contributed by atoms with Gasteiger partial charge in [-0.2, -0.15) is 0 Å². The second-order valence-electron chi connectivity index (χ2n) is 2.94. The first-order valence-corrected chi connectivity index (χ1v) is 4.71. The Kier molecular flexibility index (Phi) is 12.3. The number of ether oxygens (including phenoxy) is 1. The van der Waals surface area contributed by atoms with E-state index in [-0.39, 0.29) is 12.2 Å². The number of carbonyl (C=O) groups excluding carboxylic acids is 1. The molecule has 3 N–H and O–H groups in total. The second-order valence-corrected chi connectivity index (χ2v) is 2.94. The quantitative estimate of drug-likeness (QED) is 0.443. The van der Waals surface area contributed by atoms with Crippen LogP contribution in [0, 0.1) is 0 Å². The third-order valence-corrected chi connectivity index (χ3v) is 1.19. The van der Waals surface area contributed by atoms with E-state index in [9.17, 15) is 4.79 Å². The van der Waals surface area contributed by atoms with E-state index in [1.807, 2.05) is 6.92 Å². The topological polar surface area (TPSA) is 87.0 Å². The molecule has 0 saturated carbocycles. The highest BCUT2D eigenvalue weighted by Crippen LogP contribution is 1.93. The van der Waals surface area contributed by atoms with Crippen molar-refractivity contribution in [1.82, 2.24) is 0 Å². The van der Waals surface area contributed by atoms with Gasteiger partial charge >= 0.3 is 5.97 Å². The number of aliphatic hydroxyl groups is 3. The van der Waals surface area contributed by atoms with Crippen LogP contribution in [-0.4, -0.2) is 47.2 Å². The molecule has 0 saturated heterocycles. The van der Waals surface area contributed by atoms with Crippen molar-refractivity contribution >= 4 is 5.97 Å². The van der Waals surface area contributed by atoms with E-state index in [1.54, 1.807) is 0 Å². The monoisotopic (exact) mass is 220 g/mol. The molecule has 0 radical (unpaired) electrons. The van der Waals surface area contributed by atoms with Crippen LogP contribution in [0.1, 0.15) is 20.3 Å². The van der Waals surface area contributed by atoms with Gasteiger partial charge in [-0.05, 0) is 13.3 Å². The molecule has 0 heterocycles. The lowest BCUT2D eigenvalue weighted by Crippen LogP contribution is -2.22. The lowest BCUT2D eigenvalue weighted by molar-refractivity contribution is -0.142. The fourth-order valence-electron chi connectivity index (χ4n) is 0.348. The Morgan fingerprint density at radius 3 is 2.20 bits per heavy atom. The van der Waals surface area contributed by atoms with Crippen molar-refractivity contribution in [2.24, 2.45) is 0 Å². The van der Waals surface area contributed by atoms with E-state index in [4.69, 9.17) is 15.3 Å². The molecule has 0 bridgehead atoms. The van der Waals surface area contributed by atoms with E-state index < -0.39 is 18.7 Å². The standard InChI is InChI=1S/C7H12O4.C3H8O/c1-5(2)7(10)11-4-6(9)3-8;1-2-3-4/h6,8-9H,1,3-4H2,2H3;4H,2-3H2,1H3. The molecule has 0 aliphatic heterocycles. The van der Waals surface area contributed by atoms with Crippen LogP contribution in [0.25, 0.3) is 0 Å². The smallest absolute Gasteiger partial charge is 0.333 e. The SMILES string of the molecule is C=C(C)C(=O)OCC(O)CO.CCCO. The summed E-state index contributed by atoms with van der Waals surface area (Å²) in [6.45, 7) is 6.49. The van der Waals surface area contributed by atoms with E-state index >= 15 is 0 Å². The average Bonchev–Trinajstić information content (AvgIpc) is 2.25. The normalized spacial score (nSPS) is 11.0. The Labute approximate surface area is 90.0 Å². The number of hydrogen-bond donors (Lipinski definition) is 3. The molecule has 0 amide bonds. The molecule has 5 heteroatoms. The number of aliphatic hydroxyl groups excluding tert-OH is 3. The molecular weight excluding hydrogens is 200 g/mol. The highest BCUT2D eigenvalue weighted by Gasteiger charge is 2.07. The third-order valence-electron chi connectivity index (χ3n) is 1.19. The minimum Gasteiger partial charge on any atom is -0.460 e. The summed E-state index contributed by atoms with van der Waals surface area (Å²) < 4.78 is 4.51. The number of rotatable bonds is 5. The first kappa shape index (κ1) is 16.5. The van der Waals surface area contributed by atoms with Crippen molar-refractivity contribution in [2.75, 3.05) is 19.8 Å². The fourth-order valence-corrected chi connectivity index (χ4v) is 0.348. The van der Waals surface area contributed by atoms with Crippen molar-refractivity contribution in [2.45, 2.75) is 26.4 Å². The summed E-state index contributed by atoms with van der Waals surface area (Å²) in [5.41, 5.74) is 0.273. The summed E-state index contributed by atoms with van der Waals surface area (Å²) in [5.74, 6) is -0.558. The maximum Gasteiger partial charge on any atom is 0.333 e. The molecule has 15 heavy (non-hydrogen) atoms. The summed E-state index contributed by atoms with van der Waals surface area (Å²) in [6.07, 6.45) is -0.127. The van der Waals surface area contributed by atoms with Gasteiger partial charge in [0.15, 0.2) is 0 Å². The maximum atomic E-state index is 10.6. The van der Waals surface area contributed by atoms with Crippen LogP contribution < -0.4 is 0 Å². The van der Waals surface area contributed by atoms with Crippen molar-refractivity contribution < 1.29 is 24.9 Å². The number of esters is 1. The molecule has 0 aromatic heterocycles. The van der Waals surface area contributed by atoms with Gasteiger partial charge in [0.1, 0.15) is 12.7 Å². The number of hydrogen-bond acceptors (Lipinski definition) is 5. The minimum atomic E-state index is -1.00. The van der Waals surface area contributed by atoms with Crippen molar-refractivity contribution in [3.8, 4) is 0 Å². The van der Waals surface area contributed by atoms with E-state index in [1.165, 1.54) is 6.92 Å². The molecule has 5 nitrogen and oxygen atoms in total. The van der Waals surface area contributed by atoms with Gasteiger partial charge < -0.3 is 20.1 Å². The van der Waals surface area contributed by atoms with Crippen molar-refractivity contribution in [1.29, 1.82) is 0 Å². The van der Waals surface area contributed by atoms with E-state index in [0.29, 0.717) is 6.61 Å². The molecule has 0 spiro atoms. The van der Waals surface area contributed by atoms with E-state index in [0.717, 1.165) is 6.42 Å². The molecule has 0 rings (SSSR count). The van der Waals surface area contributed by atoms with Gasteiger partial charge in [0.2, 0.25) is 0 Å². The van der Waals surface area contributed by atoms with Crippen LogP contribution >= 0.6 is 0 Å². The second kappa shape index (κ2) is 11.2. The molecule has 0 aliphatic rings. The van der Waals surface area contributed by atoms with Crippen LogP contribution in [0.3, 0.4) is 0 Å². The maximum absolute atomic E-state index is 10.6. The van der Waals surface area contributed by atoms with Gasteiger partial charge in [-0.25, -0.2) is 4.79 Å². The highest BCUT2D eigenvalue weighted by atomic mass is 16.5. The summed E-state index contributed by atoms with van der Waals surface area (Å²) in [5, 5.41) is 24.9. The highest BCUT2D eigenvalue weighted by molar-refractivity contribution is 5.86. The molecule has 0 fully saturated rings. The largest absolute Gasteiger partial charge is 0.460 e. The van der Waals surface area contributed by atoms with Gasteiger partial charge in [0.05, 0.1) is 6.61 Å². The van der Waals surface area contributed by atoms with Crippen molar-refractivity contribution in [3.63, 3.8) is 0 Å². The Morgan fingerprint density at radius 1 is 1.47 bits per heavy atom. The summed E-state index contributed by atoms with van der Waals surface area (Å²) in [7, 11) is 0. The molecule has 0 aromatic carbocycles. The van der Waals surface area contributed by atoms with Gasteiger partial charge in [0, 0.05) is 12.2 Å². The van der Waals surface area contributed by atoms with Crippen LogP contribution in [0.15, 0.2) is 12.2 Å². The lowest BCUT2D eigenvalue weighted by atomic mass is 10.3. The summed E-state index contributed by atoms with van der Waals surface area (Å²) in [6, 6.07) is 0. The van der Waals surface area contributed by atoms with Crippen LogP contribution in [0.4, 0.5) is 0 Å². The average molecular weight is 220 g/mol. The van der Waals surface area contributed by atoms with Crippen molar-refractivity contribution in [3.05, 3.63) is 12.2 Å². The van der Waals surface area contributed by atoms with Gasteiger partial charge in [-0.15, -0.1) is 0 Å².